The molecule has 0 saturated carbocycles. The van der Waals surface area contributed by atoms with Crippen molar-refractivity contribution in [3.63, 3.8) is 0 Å². The highest BCUT2D eigenvalue weighted by atomic mass is 35.5. The Morgan fingerprint density at radius 3 is 2.42 bits per heavy atom. The van der Waals surface area contributed by atoms with Crippen molar-refractivity contribution < 1.29 is 9.47 Å². The summed E-state index contributed by atoms with van der Waals surface area (Å²) < 4.78 is 11.6. The van der Waals surface area contributed by atoms with E-state index in [4.69, 9.17) is 21.1 Å². The first kappa shape index (κ1) is 19.5. The maximum absolute atomic E-state index is 6.12. The minimum Gasteiger partial charge on any atom is -0.491 e. The third-order valence-corrected chi connectivity index (χ3v) is 4.62. The summed E-state index contributed by atoms with van der Waals surface area (Å²) in [6.07, 6.45) is 0. The van der Waals surface area contributed by atoms with Gasteiger partial charge in [-0.2, -0.15) is 0 Å². The maximum atomic E-state index is 6.12. The van der Waals surface area contributed by atoms with Crippen LogP contribution in [-0.4, -0.2) is 69.4 Å². The van der Waals surface area contributed by atoms with Crippen molar-refractivity contribution in [1.82, 2.24) is 9.80 Å². The van der Waals surface area contributed by atoms with Crippen molar-refractivity contribution in [3.8, 4) is 5.75 Å². The van der Waals surface area contributed by atoms with Gasteiger partial charge in [-0.15, -0.1) is 0 Å². The third kappa shape index (κ3) is 6.25. The molecule has 0 unspecified atom stereocenters. The molecule has 1 aromatic rings. The normalized spacial score (nSPS) is 17.2. The summed E-state index contributed by atoms with van der Waals surface area (Å²) in [4.78, 5) is 4.82. The second kappa shape index (κ2) is 9.04. The Balaban J connectivity index is 1.67. The smallest absolute Gasteiger partial charge is 0.123 e. The van der Waals surface area contributed by atoms with Gasteiger partial charge < -0.3 is 14.4 Å². The molecule has 1 heterocycles. The first-order valence-electron chi connectivity index (χ1n) is 8.78. The van der Waals surface area contributed by atoms with Gasteiger partial charge in [0, 0.05) is 43.3 Å². The topological polar surface area (TPSA) is 24.9 Å². The Morgan fingerprint density at radius 2 is 1.75 bits per heavy atom. The predicted octanol–water partition coefficient (Wildman–Crippen LogP) is 3.28. The Bertz CT molecular complexity index is 509. The van der Waals surface area contributed by atoms with E-state index in [1.54, 1.807) is 0 Å². The van der Waals surface area contributed by atoms with Gasteiger partial charge in [0.1, 0.15) is 12.4 Å². The number of nitrogens with zero attached hydrogens (tertiary/aromatic N) is 2. The van der Waals surface area contributed by atoms with Gasteiger partial charge in [-0.25, -0.2) is 0 Å². The molecular formula is C19H31ClN2O2. The molecule has 0 atom stereocenters. The zero-order valence-corrected chi connectivity index (χ0v) is 16.2. The molecule has 0 bridgehead atoms. The van der Waals surface area contributed by atoms with E-state index in [9.17, 15) is 0 Å². The van der Waals surface area contributed by atoms with E-state index >= 15 is 0 Å². The fraction of sp³-hybridized carbons (Fsp3) is 0.684. The van der Waals surface area contributed by atoms with Gasteiger partial charge in [-0.3, -0.25) is 4.90 Å². The summed E-state index contributed by atoms with van der Waals surface area (Å²) >= 11 is 6.12. The molecule has 0 N–H and O–H groups in total. The number of rotatable bonds is 7. The number of ether oxygens (including phenoxy) is 2. The van der Waals surface area contributed by atoms with E-state index < -0.39 is 0 Å². The van der Waals surface area contributed by atoms with Crippen LogP contribution < -0.4 is 4.74 Å². The van der Waals surface area contributed by atoms with E-state index in [1.807, 2.05) is 18.2 Å². The van der Waals surface area contributed by atoms with Crippen LogP contribution in [0.5, 0.6) is 5.75 Å². The third-order valence-electron chi connectivity index (χ3n) is 4.38. The largest absolute Gasteiger partial charge is 0.491 e. The first-order chi connectivity index (χ1) is 11.4. The Kier molecular flexibility index (Phi) is 7.35. The summed E-state index contributed by atoms with van der Waals surface area (Å²) in [7, 11) is 2.17. The average Bonchev–Trinajstić information content (AvgIpc) is 2.52. The van der Waals surface area contributed by atoms with Crippen molar-refractivity contribution in [1.29, 1.82) is 0 Å². The molecule has 5 heteroatoms. The number of piperazine rings is 1. The van der Waals surface area contributed by atoms with Crippen LogP contribution in [0.25, 0.3) is 0 Å². The summed E-state index contributed by atoms with van der Waals surface area (Å²) in [5.41, 5.74) is 1.13. The molecule has 1 aliphatic heterocycles. The van der Waals surface area contributed by atoms with Crippen LogP contribution >= 0.6 is 11.6 Å². The van der Waals surface area contributed by atoms with E-state index in [-0.39, 0.29) is 5.41 Å². The van der Waals surface area contributed by atoms with Gasteiger partial charge in [-0.1, -0.05) is 32.4 Å². The fourth-order valence-corrected chi connectivity index (χ4v) is 2.96. The van der Waals surface area contributed by atoms with E-state index in [0.29, 0.717) is 13.2 Å². The zero-order valence-electron chi connectivity index (χ0n) is 15.5. The van der Waals surface area contributed by atoms with Crippen molar-refractivity contribution >= 4 is 11.6 Å². The molecule has 136 valence electrons. The highest BCUT2D eigenvalue weighted by Crippen LogP contribution is 2.33. The molecule has 0 spiro atoms. The standard InChI is InChI=1S/C19H31ClN2O2/c1-19(2,3)17-15-16(20)5-6-18(17)24-14-13-23-12-11-22-9-7-21(4)8-10-22/h5-6,15H,7-14H2,1-4H3. The van der Waals surface area contributed by atoms with Crippen molar-refractivity contribution in [2.45, 2.75) is 26.2 Å². The summed E-state index contributed by atoms with van der Waals surface area (Å²) in [6.45, 7) is 14.0. The van der Waals surface area contributed by atoms with E-state index in [2.05, 4.69) is 37.6 Å². The maximum Gasteiger partial charge on any atom is 0.123 e. The number of likely N-dealkylation sites (N-methyl/N-ethyl adjacent to an activating group) is 1. The molecule has 0 aromatic heterocycles. The monoisotopic (exact) mass is 354 g/mol. The van der Waals surface area contributed by atoms with Crippen LogP contribution in [0.4, 0.5) is 0 Å². The summed E-state index contributed by atoms with van der Waals surface area (Å²) in [5.74, 6) is 0.898. The number of hydrogen-bond donors (Lipinski definition) is 0. The summed E-state index contributed by atoms with van der Waals surface area (Å²) in [6, 6.07) is 5.82. The van der Waals surface area contributed by atoms with Gasteiger partial charge in [0.15, 0.2) is 0 Å². The lowest BCUT2D eigenvalue weighted by Crippen LogP contribution is -2.45. The van der Waals surface area contributed by atoms with Crippen molar-refractivity contribution in [2.75, 3.05) is 59.6 Å². The quantitative estimate of drug-likeness (QED) is 0.701. The minimum atomic E-state index is 0.00249. The Morgan fingerprint density at radius 1 is 1.04 bits per heavy atom. The Hall–Kier alpha value is -0.810. The van der Waals surface area contributed by atoms with Crippen LogP contribution in [0, 0.1) is 0 Å². The molecule has 0 aliphatic carbocycles. The molecule has 0 amide bonds. The van der Waals surface area contributed by atoms with Crippen LogP contribution in [0.3, 0.4) is 0 Å². The lowest BCUT2D eigenvalue weighted by Gasteiger charge is -2.32. The van der Waals surface area contributed by atoms with Crippen LogP contribution in [0.2, 0.25) is 5.02 Å². The molecular weight excluding hydrogens is 324 g/mol. The second-order valence-electron chi connectivity index (χ2n) is 7.50. The first-order valence-corrected chi connectivity index (χ1v) is 9.15. The second-order valence-corrected chi connectivity index (χ2v) is 7.93. The van der Waals surface area contributed by atoms with E-state index in [1.165, 1.54) is 0 Å². The average molecular weight is 355 g/mol. The SMILES string of the molecule is CN1CCN(CCOCCOc2ccc(Cl)cc2C(C)(C)C)CC1. The molecule has 24 heavy (non-hydrogen) atoms. The Labute approximate surface area is 151 Å². The van der Waals surface area contributed by atoms with E-state index in [0.717, 1.165) is 55.7 Å². The van der Waals surface area contributed by atoms with Crippen LogP contribution in [0.15, 0.2) is 18.2 Å². The van der Waals surface area contributed by atoms with Gasteiger partial charge in [0.2, 0.25) is 0 Å². The molecule has 1 aliphatic rings. The lowest BCUT2D eigenvalue weighted by molar-refractivity contribution is 0.0654. The zero-order chi connectivity index (χ0) is 17.6. The number of hydrogen-bond acceptors (Lipinski definition) is 4. The molecule has 1 saturated heterocycles. The molecule has 4 nitrogen and oxygen atoms in total. The molecule has 1 aromatic carbocycles. The molecule has 0 radical (unpaired) electrons. The lowest BCUT2D eigenvalue weighted by atomic mass is 9.86. The van der Waals surface area contributed by atoms with Crippen LogP contribution in [-0.2, 0) is 10.2 Å². The number of halogens is 1. The van der Waals surface area contributed by atoms with Crippen molar-refractivity contribution in [3.05, 3.63) is 28.8 Å². The number of benzene rings is 1. The van der Waals surface area contributed by atoms with Gasteiger partial charge in [0.25, 0.3) is 0 Å². The fourth-order valence-electron chi connectivity index (χ4n) is 2.79. The predicted molar refractivity (Wildman–Crippen MR) is 100 cm³/mol. The summed E-state index contributed by atoms with van der Waals surface area (Å²) in [5, 5.41) is 0.746. The van der Waals surface area contributed by atoms with Gasteiger partial charge >= 0.3 is 0 Å². The van der Waals surface area contributed by atoms with Crippen molar-refractivity contribution in [2.24, 2.45) is 0 Å². The van der Waals surface area contributed by atoms with Crippen LogP contribution in [0.1, 0.15) is 26.3 Å². The van der Waals surface area contributed by atoms with Gasteiger partial charge in [0.05, 0.1) is 13.2 Å². The molecule has 2 rings (SSSR count). The highest BCUT2D eigenvalue weighted by molar-refractivity contribution is 6.30. The van der Waals surface area contributed by atoms with Gasteiger partial charge in [-0.05, 0) is 30.7 Å². The molecule has 1 fully saturated rings. The highest BCUT2D eigenvalue weighted by Gasteiger charge is 2.19. The minimum absolute atomic E-state index is 0.00249.